The number of carbonyl (C=O) groups is 2. The van der Waals surface area contributed by atoms with Gasteiger partial charge in [0.15, 0.2) is 5.78 Å². The zero-order valence-electron chi connectivity index (χ0n) is 15.3. The van der Waals surface area contributed by atoms with Crippen LogP contribution in [0, 0.1) is 0 Å². The first kappa shape index (κ1) is 18.2. The summed E-state index contributed by atoms with van der Waals surface area (Å²) in [5.74, 6) is 0.708. The molecule has 26 heavy (non-hydrogen) atoms. The van der Waals surface area contributed by atoms with E-state index in [9.17, 15) is 9.59 Å². The van der Waals surface area contributed by atoms with Crippen molar-refractivity contribution in [2.45, 2.75) is 45.6 Å². The van der Waals surface area contributed by atoms with Gasteiger partial charge >= 0.3 is 5.97 Å². The average molecular weight is 356 g/mol. The molecule has 0 saturated carbocycles. The van der Waals surface area contributed by atoms with Gasteiger partial charge in [0.05, 0.1) is 37.9 Å². The number of aryl methyl sites for hydroxylation is 1. The van der Waals surface area contributed by atoms with Gasteiger partial charge in [-0.15, -0.1) is 0 Å². The Labute approximate surface area is 153 Å². The van der Waals surface area contributed by atoms with Gasteiger partial charge in [0, 0.05) is 18.5 Å². The van der Waals surface area contributed by atoms with Crippen molar-refractivity contribution in [1.29, 1.82) is 0 Å². The van der Waals surface area contributed by atoms with E-state index < -0.39 is 0 Å². The highest BCUT2D eigenvalue weighted by atomic mass is 16.5. The van der Waals surface area contributed by atoms with Crippen LogP contribution in [0.2, 0.25) is 0 Å². The Bertz CT molecular complexity index is 793. The van der Waals surface area contributed by atoms with E-state index in [0.717, 1.165) is 41.1 Å². The molecule has 0 amide bonds. The van der Waals surface area contributed by atoms with Crippen LogP contribution in [0.25, 0.3) is 0 Å². The normalized spacial score (nSPS) is 13.4. The summed E-state index contributed by atoms with van der Waals surface area (Å²) in [5, 5.41) is 4.67. The summed E-state index contributed by atoms with van der Waals surface area (Å²) in [5.41, 5.74) is 3.56. The number of benzene rings is 1. The molecular formula is C20H24N2O4. The van der Waals surface area contributed by atoms with Crippen molar-refractivity contribution in [3.05, 3.63) is 46.8 Å². The Morgan fingerprint density at radius 3 is 2.69 bits per heavy atom. The molecule has 1 heterocycles. The Kier molecular flexibility index (Phi) is 5.71. The molecule has 0 N–H and O–H groups in total. The molecule has 0 atom stereocenters. The van der Waals surface area contributed by atoms with Gasteiger partial charge in [0.2, 0.25) is 0 Å². The third kappa shape index (κ3) is 3.95. The lowest BCUT2D eigenvalue weighted by Crippen LogP contribution is -2.16. The summed E-state index contributed by atoms with van der Waals surface area (Å²) in [6, 6.07) is 7.77. The lowest BCUT2D eigenvalue weighted by Gasteiger charge is -2.13. The number of ketones is 1. The molecule has 138 valence electrons. The largest absolute Gasteiger partial charge is 0.497 e. The molecule has 6 heteroatoms. The van der Waals surface area contributed by atoms with Gasteiger partial charge in [0.25, 0.3) is 0 Å². The maximum absolute atomic E-state index is 12.5. The fourth-order valence-corrected chi connectivity index (χ4v) is 3.34. The number of fused-ring (bicyclic) bond motifs is 1. The van der Waals surface area contributed by atoms with E-state index in [2.05, 4.69) is 5.10 Å². The Morgan fingerprint density at radius 1 is 1.23 bits per heavy atom. The minimum atomic E-state index is -0.240. The lowest BCUT2D eigenvalue weighted by molar-refractivity contribution is -0.143. The Balaban J connectivity index is 1.84. The topological polar surface area (TPSA) is 70.4 Å². The van der Waals surface area contributed by atoms with Gasteiger partial charge in [0.1, 0.15) is 5.75 Å². The third-order valence-electron chi connectivity index (χ3n) is 4.59. The van der Waals surface area contributed by atoms with Gasteiger partial charge in [-0.3, -0.25) is 14.3 Å². The SMILES string of the molecule is CCOC(=O)CCn1nc(Cc2ccc(OC)cc2)c2c1CCCC2=O. The monoisotopic (exact) mass is 356 g/mol. The molecule has 3 rings (SSSR count). The number of hydrogen-bond donors (Lipinski definition) is 0. The van der Waals surface area contributed by atoms with Crippen LogP contribution in [0.5, 0.6) is 5.75 Å². The average Bonchev–Trinajstić information content (AvgIpc) is 3.00. The zero-order chi connectivity index (χ0) is 18.5. The highest BCUT2D eigenvalue weighted by Gasteiger charge is 2.27. The van der Waals surface area contributed by atoms with Crippen molar-refractivity contribution in [1.82, 2.24) is 9.78 Å². The number of aromatic nitrogens is 2. The molecule has 0 unspecified atom stereocenters. The van der Waals surface area contributed by atoms with E-state index in [1.54, 1.807) is 14.0 Å². The van der Waals surface area contributed by atoms with E-state index in [4.69, 9.17) is 9.47 Å². The standard InChI is InChI=1S/C20H24N2O4/c1-3-26-19(24)11-12-22-17-5-4-6-18(23)20(17)16(21-22)13-14-7-9-15(25-2)10-8-14/h7-10H,3-6,11-13H2,1-2H3. The molecule has 0 saturated heterocycles. The second kappa shape index (κ2) is 8.17. The number of esters is 1. The molecule has 2 aromatic rings. The molecule has 0 bridgehead atoms. The Hall–Kier alpha value is -2.63. The Morgan fingerprint density at radius 2 is 2.00 bits per heavy atom. The van der Waals surface area contributed by atoms with Crippen molar-refractivity contribution < 1.29 is 19.1 Å². The number of carbonyl (C=O) groups excluding carboxylic acids is 2. The van der Waals surface area contributed by atoms with Crippen molar-refractivity contribution in [2.75, 3.05) is 13.7 Å². The summed E-state index contributed by atoms with van der Waals surface area (Å²) >= 11 is 0. The molecule has 0 fully saturated rings. The first-order valence-corrected chi connectivity index (χ1v) is 9.02. The highest BCUT2D eigenvalue weighted by Crippen LogP contribution is 2.27. The molecule has 1 aromatic heterocycles. The summed E-state index contributed by atoms with van der Waals surface area (Å²) in [7, 11) is 1.63. The number of hydrogen-bond acceptors (Lipinski definition) is 5. The van der Waals surface area contributed by atoms with E-state index in [0.29, 0.717) is 26.0 Å². The van der Waals surface area contributed by atoms with E-state index in [1.807, 2.05) is 28.9 Å². The molecule has 0 aliphatic heterocycles. The summed E-state index contributed by atoms with van der Waals surface area (Å²) in [6.07, 6.45) is 3.06. The maximum Gasteiger partial charge on any atom is 0.307 e. The van der Waals surface area contributed by atoms with Crippen LogP contribution in [0.3, 0.4) is 0 Å². The molecule has 1 aliphatic rings. The van der Waals surface area contributed by atoms with Crippen molar-refractivity contribution in [3.63, 3.8) is 0 Å². The fraction of sp³-hybridized carbons (Fsp3) is 0.450. The van der Waals surface area contributed by atoms with Gasteiger partial charge in [-0.25, -0.2) is 0 Å². The molecule has 6 nitrogen and oxygen atoms in total. The predicted octanol–water partition coefficient (Wildman–Crippen LogP) is 2.95. The molecule has 0 spiro atoms. The first-order chi connectivity index (χ1) is 12.6. The van der Waals surface area contributed by atoms with Gasteiger partial charge in [-0.05, 0) is 37.5 Å². The zero-order valence-corrected chi connectivity index (χ0v) is 15.3. The highest BCUT2D eigenvalue weighted by molar-refractivity contribution is 5.99. The molecule has 1 aromatic carbocycles. The van der Waals surface area contributed by atoms with Crippen molar-refractivity contribution in [3.8, 4) is 5.75 Å². The van der Waals surface area contributed by atoms with Gasteiger partial charge < -0.3 is 9.47 Å². The number of nitrogens with zero attached hydrogens (tertiary/aromatic N) is 2. The summed E-state index contributed by atoms with van der Waals surface area (Å²) in [4.78, 5) is 24.2. The molecular weight excluding hydrogens is 332 g/mol. The second-order valence-corrected chi connectivity index (χ2v) is 6.35. The smallest absolute Gasteiger partial charge is 0.307 e. The van der Waals surface area contributed by atoms with Crippen LogP contribution < -0.4 is 4.74 Å². The number of ether oxygens (including phenoxy) is 2. The fourth-order valence-electron chi connectivity index (χ4n) is 3.34. The summed E-state index contributed by atoms with van der Waals surface area (Å²) in [6.45, 7) is 2.60. The van der Waals surface area contributed by atoms with Gasteiger partial charge in [-0.2, -0.15) is 5.10 Å². The van der Waals surface area contributed by atoms with Crippen LogP contribution in [-0.2, 0) is 28.9 Å². The second-order valence-electron chi connectivity index (χ2n) is 6.35. The van der Waals surface area contributed by atoms with Crippen molar-refractivity contribution >= 4 is 11.8 Å². The predicted molar refractivity (Wildman–Crippen MR) is 96.5 cm³/mol. The minimum absolute atomic E-state index is 0.150. The third-order valence-corrected chi connectivity index (χ3v) is 4.59. The van der Waals surface area contributed by atoms with E-state index in [1.165, 1.54) is 0 Å². The lowest BCUT2D eigenvalue weighted by atomic mass is 9.92. The minimum Gasteiger partial charge on any atom is -0.497 e. The number of rotatable bonds is 7. The number of Topliss-reactive ketones (excluding diaryl/α,β-unsaturated/α-hetero) is 1. The van der Waals surface area contributed by atoms with Crippen LogP contribution >= 0.6 is 0 Å². The first-order valence-electron chi connectivity index (χ1n) is 9.02. The van der Waals surface area contributed by atoms with E-state index >= 15 is 0 Å². The van der Waals surface area contributed by atoms with Crippen molar-refractivity contribution in [2.24, 2.45) is 0 Å². The van der Waals surface area contributed by atoms with E-state index in [-0.39, 0.29) is 18.2 Å². The quantitative estimate of drug-likeness (QED) is 0.713. The maximum atomic E-state index is 12.5. The molecule has 1 aliphatic carbocycles. The number of methoxy groups -OCH3 is 1. The van der Waals surface area contributed by atoms with Crippen LogP contribution in [0.1, 0.15) is 53.5 Å². The van der Waals surface area contributed by atoms with Crippen LogP contribution in [0.15, 0.2) is 24.3 Å². The van der Waals surface area contributed by atoms with Crippen LogP contribution in [-0.4, -0.2) is 35.2 Å². The van der Waals surface area contributed by atoms with Crippen LogP contribution in [0.4, 0.5) is 0 Å². The molecule has 0 radical (unpaired) electrons. The van der Waals surface area contributed by atoms with Gasteiger partial charge in [-0.1, -0.05) is 12.1 Å². The summed E-state index contributed by atoms with van der Waals surface area (Å²) < 4.78 is 12.0.